The van der Waals surface area contributed by atoms with E-state index in [0.717, 1.165) is 22.4 Å². The molecular weight excluding hydrogens is 437 g/mol. The van der Waals surface area contributed by atoms with E-state index in [4.69, 9.17) is 10.5 Å². The van der Waals surface area contributed by atoms with Crippen LogP contribution in [-0.2, 0) is 4.79 Å². The normalized spacial score (nSPS) is 17.5. The van der Waals surface area contributed by atoms with Crippen LogP contribution in [0.15, 0.2) is 48.5 Å². The number of benzene rings is 2. The summed E-state index contributed by atoms with van der Waals surface area (Å²) in [6.45, 7) is 8.47. The van der Waals surface area contributed by atoms with Gasteiger partial charge in [-0.2, -0.15) is 0 Å². The molecular formula is C23H33Cl2N3O3. The van der Waals surface area contributed by atoms with Gasteiger partial charge in [0.2, 0.25) is 5.91 Å². The molecule has 0 aromatic heterocycles. The number of aryl methyl sites for hydroxylation is 2. The predicted octanol–water partition coefficient (Wildman–Crippen LogP) is 3.08. The van der Waals surface area contributed by atoms with Crippen molar-refractivity contribution in [2.45, 2.75) is 39.1 Å². The highest BCUT2D eigenvalue weighted by Gasteiger charge is 2.34. The highest BCUT2D eigenvalue weighted by molar-refractivity contribution is 5.85. The van der Waals surface area contributed by atoms with Gasteiger partial charge >= 0.3 is 0 Å². The molecule has 1 heterocycles. The third-order valence-corrected chi connectivity index (χ3v) is 5.57. The fourth-order valence-electron chi connectivity index (χ4n) is 4.13. The van der Waals surface area contributed by atoms with Crippen LogP contribution in [0.5, 0.6) is 5.75 Å². The molecule has 0 bridgehead atoms. The van der Waals surface area contributed by atoms with Crippen LogP contribution in [0.2, 0.25) is 0 Å². The Balaban J connectivity index is 0.00000240. The first-order valence-corrected chi connectivity index (χ1v) is 10.1. The molecule has 6 nitrogen and oxygen atoms in total. The molecule has 0 saturated carbocycles. The number of rotatable bonds is 7. The third kappa shape index (κ3) is 6.57. The maximum atomic E-state index is 12.4. The molecule has 8 heteroatoms. The molecule has 0 radical (unpaired) electrons. The SMILES string of the molecule is Cc1cccc(C)c1C(C(N)=O)N1CCN(C(Oc2ccccc2)C(C)O)CC1.Cl.Cl. The second-order valence-corrected chi connectivity index (χ2v) is 7.74. The number of aliphatic hydroxyl groups is 1. The zero-order chi connectivity index (χ0) is 21.0. The number of primary amides is 1. The lowest BCUT2D eigenvalue weighted by atomic mass is 9.94. The molecule has 3 unspecified atom stereocenters. The van der Waals surface area contributed by atoms with E-state index < -0.39 is 18.4 Å². The van der Waals surface area contributed by atoms with E-state index in [1.54, 1.807) is 6.92 Å². The molecule has 2 aromatic rings. The van der Waals surface area contributed by atoms with E-state index >= 15 is 0 Å². The molecule has 3 atom stereocenters. The summed E-state index contributed by atoms with van der Waals surface area (Å²) in [4.78, 5) is 16.6. The van der Waals surface area contributed by atoms with E-state index in [1.165, 1.54) is 0 Å². The minimum Gasteiger partial charge on any atom is -0.472 e. The summed E-state index contributed by atoms with van der Waals surface area (Å²) < 4.78 is 6.05. The van der Waals surface area contributed by atoms with Crippen molar-refractivity contribution < 1.29 is 14.6 Å². The topological polar surface area (TPSA) is 79.0 Å². The van der Waals surface area contributed by atoms with E-state index in [2.05, 4.69) is 9.80 Å². The Kier molecular flexibility index (Phi) is 10.8. The van der Waals surface area contributed by atoms with E-state index in [1.807, 2.05) is 62.4 Å². The first-order valence-electron chi connectivity index (χ1n) is 10.1. The molecule has 1 saturated heterocycles. The minimum absolute atomic E-state index is 0. The average molecular weight is 470 g/mol. The van der Waals surface area contributed by atoms with Gasteiger partial charge in [0, 0.05) is 26.2 Å². The van der Waals surface area contributed by atoms with Crippen LogP contribution >= 0.6 is 24.8 Å². The Morgan fingerprint density at radius 1 is 0.935 bits per heavy atom. The average Bonchev–Trinajstić information content (AvgIpc) is 2.70. The Morgan fingerprint density at radius 2 is 1.45 bits per heavy atom. The number of carbonyl (C=O) groups is 1. The molecule has 1 fully saturated rings. The van der Waals surface area contributed by atoms with Crippen LogP contribution in [0.4, 0.5) is 0 Å². The molecule has 1 aliphatic rings. The molecule has 31 heavy (non-hydrogen) atoms. The molecule has 2 aromatic carbocycles. The number of piperazine rings is 1. The molecule has 0 aliphatic carbocycles. The number of halogens is 2. The number of nitrogens with zero attached hydrogens (tertiary/aromatic N) is 2. The number of para-hydroxylation sites is 1. The van der Waals surface area contributed by atoms with Gasteiger partial charge in [0.25, 0.3) is 0 Å². The summed E-state index contributed by atoms with van der Waals surface area (Å²) in [6, 6.07) is 15.1. The fourth-order valence-corrected chi connectivity index (χ4v) is 4.13. The largest absolute Gasteiger partial charge is 0.472 e. The summed E-state index contributed by atoms with van der Waals surface area (Å²) >= 11 is 0. The number of nitrogens with two attached hydrogens (primary N) is 1. The first-order chi connectivity index (χ1) is 13.9. The van der Waals surface area contributed by atoms with Gasteiger partial charge in [-0.25, -0.2) is 0 Å². The number of amides is 1. The van der Waals surface area contributed by atoms with Crippen molar-refractivity contribution in [1.29, 1.82) is 0 Å². The number of hydrogen-bond acceptors (Lipinski definition) is 5. The lowest BCUT2D eigenvalue weighted by molar-refractivity contribution is -0.126. The first kappa shape index (κ1) is 27.2. The Hall–Kier alpha value is -1.83. The Morgan fingerprint density at radius 3 is 1.94 bits per heavy atom. The summed E-state index contributed by atoms with van der Waals surface area (Å²) in [7, 11) is 0. The van der Waals surface area contributed by atoms with Crippen LogP contribution in [-0.4, -0.2) is 59.3 Å². The van der Waals surface area contributed by atoms with Crippen LogP contribution < -0.4 is 10.5 Å². The number of hydrogen-bond donors (Lipinski definition) is 2. The Bertz CT molecular complexity index is 808. The molecule has 172 valence electrons. The van der Waals surface area contributed by atoms with Crippen molar-refractivity contribution in [2.75, 3.05) is 26.2 Å². The zero-order valence-electron chi connectivity index (χ0n) is 18.2. The summed E-state index contributed by atoms with van der Waals surface area (Å²) in [6.07, 6.45) is -1.08. The van der Waals surface area contributed by atoms with E-state index in [-0.39, 0.29) is 30.7 Å². The van der Waals surface area contributed by atoms with Crippen molar-refractivity contribution in [3.8, 4) is 5.75 Å². The molecule has 3 rings (SSSR count). The van der Waals surface area contributed by atoms with Crippen LogP contribution in [0.1, 0.15) is 29.7 Å². The van der Waals surface area contributed by atoms with Crippen LogP contribution in [0.3, 0.4) is 0 Å². The van der Waals surface area contributed by atoms with Gasteiger partial charge in [0.1, 0.15) is 17.9 Å². The fraction of sp³-hybridized carbons (Fsp3) is 0.435. The van der Waals surface area contributed by atoms with Gasteiger partial charge in [0.05, 0.1) is 0 Å². The molecule has 1 amide bonds. The van der Waals surface area contributed by atoms with Gasteiger partial charge in [-0.3, -0.25) is 14.6 Å². The van der Waals surface area contributed by atoms with Crippen molar-refractivity contribution in [3.05, 3.63) is 65.2 Å². The van der Waals surface area contributed by atoms with Gasteiger partial charge in [-0.15, -0.1) is 24.8 Å². The standard InChI is InChI=1S/C23H31N3O3.2ClH/c1-16-8-7-9-17(2)20(16)21(22(24)28)25-12-14-26(15-13-25)23(18(3)27)29-19-10-5-4-6-11-19;;/h4-11,18,21,23,27H,12-15H2,1-3H3,(H2,24,28);2*1H. The van der Waals surface area contributed by atoms with E-state index in [0.29, 0.717) is 26.2 Å². The number of carbonyl (C=O) groups excluding carboxylic acids is 1. The maximum Gasteiger partial charge on any atom is 0.239 e. The predicted molar refractivity (Wildman–Crippen MR) is 128 cm³/mol. The highest BCUT2D eigenvalue weighted by Crippen LogP contribution is 2.28. The lowest BCUT2D eigenvalue weighted by Crippen LogP contribution is -2.57. The third-order valence-electron chi connectivity index (χ3n) is 5.57. The zero-order valence-corrected chi connectivity index (χ0v) is 19.9. The van der Waals surface area contributed by atoms with Crippen molar-refractivity contribution in [3.63, 3.8) is 0 Å². The summed E-state index contributed by atoms with van der Waals surface area (Å²) in [5.41, 5.74) is 8.97. The van der Waals surface area contributed by atoms with Crippen molar-refractivity contribution in [1.82, 2.24) is 9.80 Å². The quantitative estimate of drug-likeness (QED) is 0.651. The second kappa shape index (κ2) is 12.3. The van der Waals surface area contributed by atoms with Gasteiger partial charge in [-0.05, 0) is 49.6 Å². The highest BCUT2D eigenvalue weighted by atomic mass is 35.5. The van der Waals surface area contributed by atoms with Crippen LogP contribution in [0.25, 0.3) is 0 Å². The molecule has 0 spiro atoms. The summed E-state index contributed by atoms with van der Waals surface area (Å²) in [5.74, 6) is 0.398. The van der Waals surface area contributed by atoms with Crippen LogP contribution in [0, 0.1) is 13.8 Å². The smallest absolute Gasteiger partial charge is 0.239 e. The number of ether oxygens (including phenoxy) is 1. The van der Waals surface area contributed by atoms with Gasteiger partial charge in [0.15, 0.2) is 6.23 Å². The molecule has 1 aliphatic heterocycles. The molecule has 3 N–H and O–H groups in total. The minimum atomic E-state index is -0.646. The van der Waals surface area contributed by atoms with Crippen molar-refractivity contribution >= 4 is 30.7 Å². The lowest BCUT2D eigenvalue weighted by Gasteiger charge is -2.42. The summed E-state index contributed by atoms with van der Waals surface area (Å²) in [5, 5.41) is 10.3. The van der Waals surface area contributed by atoms with Crippen molar-refractivity contribution in [2.24, 2.45) is 5.73 Å². The Labute approximate surface area is 197 Å². The second-order valence-electron chi connectivity index (χ2n) is 7.74. The van der Waals surface area contributed by atoms with Gasteiger partial charge < -0.3 is 15.6 Å². The number of aliphatic hydroxyl groups excluding tert-OH is 1. The monoisotopic (exact) mass is 469 g/mol. The maximum absolute atomic E-state index is 12.4. The van der Waals surface area contributed by atoms with E-state index in [9.17, 15) is 9.90 Å². The van der Waals surface area contributed by atoms with Gasteiger partial charge in [-0.1, -0.05) is 36.4 Å².